The summed E-state index contributed by atoms with van der Waals surface area (Å²) >= 11 is 0. The maximum atomic E-state index is 12.9. The van der Waals surface area contributed by atoms with E-state index in [0.717, 1.165) is 5.92 Å². The van der Waals surface area contributed by atoms with Gasteiger partial charge in [0.15, 0.2) is 0 Å². The SMILES string of the molecule is C=C1[C@@H]2CC[C@]3(CC[C@@H]4[C@@]5(C)CCC[C@@]4(C=[N+](C)C5)[C@@H]3C2)[C@H]1OC(=O)C(C)(C)C. The van der Waals surface area contributed by atoms with Crippen molar-refractivity contribution < 1.29 is 14.1 Å². The molecular formula is C26H40NO2+. The third-order valence-corrected chi connectivity index (χ3v) is 9.86. The Morgan fingerprint density at radius 2 is 1.90 bits per heavy atom. The summed E-state index contributed by atoms with van der Waals surface area (Å²) in [6, 6.07) is 0. The van der Waals surface area contributed by atoms with Crippen molar-refractivity contribution in [3.63, 3.8) is 0 Å². The number of hydrogen-bond donors (Lipinski definition) is 0. The minimum atomic E-state index is -0.459. The second-order valence-corrected chi connectivity index (χ2v) is 12.6. The summed E-state index contributed by atoms with van der Waals surface area (Å²) in [5.41, 5.74) is 1.61. The lowest BCUT2D eigenvalue weighted by atomic mass is 9.35. The minimum absolute atomic E-state index is 0.0535. The summed E-state index contributed by atoms with van der Waals surface area (Å²) in [6.45, 7) is 14.2. The van der Waals surface area contributed by atoms with E-state index < -0.39 is 5.41 Å². The van der Waals surface area contributed by atoms with Crippen LogP contribution in [0.4, 0.5) is 0 Å². The second-order valence-electron chi connectivity index (χ2n) is 12.6. The number of carbonyl (C=O) groups is 1. The van der Waals surface area contributed by atoms with Crippen molar-refractivity contribution in [2.24, 2.45) is 39.4 Å². The van der Waals surface area contributed by atoms with Gasteiger partial charge in [-0.1, -0.05) is 19.9 Å². The summed E-state index contributed by atoms with van der Waals surface area (Å²) in [5.74, 6) is 1.91. The third kappa shape index (κ3) is 2.54. The number of carbonyl (C=O) groups excluding carboxylic acids is 1. The second kappa shape index (κ2) is 5.98. The Balaban J connectivity index is 1.59. The van der Waals surface area contributed by atoms with E-state index in [1.807, 2.05) is 20.8 Å². The lowest BCUT2D eigenvalue weighted by Gasteiger charge is -2.69. The number of nitrogens with zero attached hydrogens (tertiary/aromatic N) is 1. The number of fused-ring (bicyclic) bond motifs is 2. The Labute approximate surface area is 177 Å². The molecule has 29 heavy (non-hydrogen) atoms. The highest BCUT2D eigenvalue weighted by Crippen LogP contribution is 2.72. The van der Waals surface area contributed by atoms with Gasteiger partial charge < -0.3 is 4.74 Å². The largest absolute Gasteiger partial charge is 0.457 e. The summed E-state index contributed by atoms with van der Waals surface area (Å²) < 4.78 is 8.88. The van der Waals surface area contributed by atoms with Crippen LogP contribution in [-0.2, 0) is 9.53 Å². The topological polar surface area (TPSA) is 29.3 Å². The molecule has 3 heteroatoms. The average Bonchev–Trinajstić information content (AvgIpc) is 2.62. The van der Waals surface area contributed by atoms with E-state index in [4.69, 9.17) is 4.74 Å². The van der Waals surface area contributed by atoms with Crippen LogP contribution >= 0.6 is 0 Å². The van der Waals surface area contributed by atoms with E-state index in [-0.39, 0.29) is 17.5 Å². The maximum Gasteiger partial charge on any atom is 0.311 e. The van der Waals surface area contributed by atoms with Gasteiger partial charge >= 0.3 is 5.97 Å². The molecule has 0 aromatic rings. The standard InChI is InChI=1S/C26H40NO2/c1-17-18-8-12-25(21(17)29-22(28)23(2,3)4)13-9-19-24(5)10-7-11-26(19,20(25)14-18)16-27(6)15-24/h16,18-21H,1,7-15H2,2-6H3/q+1/t18-,19-,20-,21+,24+,25-,26+/m1/s1. The fourth-order valence-corrected chi connectivity index (χ4v) is 8.85. The summed E-state index contributed by atoms with van der Waals surface area (Å²) in [4.78, 5) is 12.9. The highest BCUT2D eigenvalue weighted by atomic mass is 16.5. The molecule has 0 saturated heterocycles. The highest BCUT2D eigenvalue weighted by Gasteiger charge is 2.71. The first-order valence-corrected chi connectivity index (χ1v) is 12.0. The van der Waals surface area contributed by atoms with E-state index in [0.29, 0.717) is 22.7 Å². The fraction of sp³-hybridized carbons (Fsp3) is 0.846. The van der Waals surface area contributed by atoms with Gasteiger partial charge in [0, 0.05) is 10.8 Å². The fourth-order valence-electron chi connectivity index (χ4n) is 8.85. The first-order chi connectivity index (χ1) is 13.5. The van der Waals surface area contributed by atoms with Crippen molar-refractivity contribution in [2.75, 3.05) is 13.6 Å². The Kier molecular flexibility index (Phi) is 4.09. The monoisotopic (exact) mass is 398 g/mol. The molecule has 1 aliphatic heterocycles. The first kappa shape index (κ1) is 19.8. The molecule has 0 amide bonds. The van der Waals surface area contributed by atoms with Crippen LogP contribution in [0.1, 0.15) is 79.1 Å². The number of rotatable bonds is 1. The normalized spacial score (nSPS) is 48.4. The highest BCUT2D eigenvalue weighted by molar-refractivity contribution is 5.76. The van der Waals surface area contributed by atoms with Crippen molar-refractivity contribution in [3.8, 4) is 0 Å². The van der Waals surface area contributed by atoms with Crippen molar-refractivity contribution in [3.05, 3.63) is 12.2 Å². The molecule has 7 atom stereocenters. The summed E-state index contributed by atoms with van der Waals surface area (Å²) in [7, 11) is 2.29. The van der Waals surface area contributed by atoms with Crippen LogP contribution in [-0.4, -0.2) is 36.5 Å². The van der Waals surface area contributed by atoms with Crippen LogP contribution in [0, 0.1) is 39.4 Å². The molecule has 160 valence electrons. The Hall–Kier alpha value is -1.12. The van der Waals surface area contributed by atoms with E-state index in [2.05, 4.69) is 31.3 Å². The lowest BCUT2D eigenvalue weighted by molar-refractivity contribution is -0.531. The van der Waals surface area contributed by atoms with Crippen LogP contribution in [0.5, 0.6) is 0 Å². The van der Waals surface area contributed by atoms with Crippen molar-refractivity contribution in [1.29, 1.82) is 0 Å². The molecular weight excluding hydrogens is 358 g/mol. The number of esters is 1. The molecule has 0 radical (unpaired) electrons. The molecule has 3 nitrogen and oxygen atoms in total. The molecule has 0 N–H and O–H groups in total. The van der Waals surface area contributed by atoms with Crippen LogP contribution in [0.2, 0.25) is 0 Å². The minimum Gasteiger partial charge on any atom is -0.457 e. The zero-order valence-corrected chi connectivity index (χ0v) is 19.2. The van der Waals surface area contributed by atoms with Gasteiger partial charge in [-0.15, -0.1) is 0 Å². The molecule has 0 aromatic carbocycles. The van der Waals surface area contributed by atoms with E-state index in [1.165, 1.54) is 63.5 Å². The van der Waals surface area contributed by atoms with Crippen LogP contribution in [0.3, 0.4) is 0 Å². The molecule has 0 aromatic heterocycles. The predicted molar refractivity (Wildman–Crippen MR) is 116 cm³/mol. The van der Waals surface area contributed by atoms with Gasteiger partial charge in [-0.2, -0.15) is 0 Å². The average molecular weight is 399 g/mol. The molecule has 5 saturated carbocycles. The van der Waals surface area contributed by atoms with Crippen molar-refractivity contribution in [1.82, 2.24) is 0 Å². The van der Waals surface area contributed by atoms with Gasteiger partial charge in [0.2, 0.25) is 0 Å². The first-order valence-electron chi connectivity index (χ1n) is 12.0. The van der Waals surface area contributed by atoms with Gasteiger partial charge in [0.25, 0.3) is 0 Å². The van der Waals surface area contributed by atoms with E-state index in [9.17, 15) is 4.79 Å². The van der Waals surface area contributed by atoms with Gasteiger partial charge in [0.1, 0.15) is 25.9 Å². The molecule has 6 rings (SSSR count). The van der Waals surface area contributed by atoms with E-state index >= 15 is 0 Å². The van der Waals surface area contributed by atoms with Crippen LogP contribution in [0.25, 0.3) is 0 Å². The quantitative estimate of drug-likeness (QED) is 0.344. The van der Waals surface area contributed by atoms with Gasteiger partial charge in [-0.25, -0.2) is 4.58 Å². The molecule has 5 aliphatic carbocycles. The maximum absolute atomic E-state index is 12.9. The zero-order chi connectivity index (χ0) is 20.8. The Morgan fingerprint density at radius 3 is 2.62 bits per heavy atom. The molecule has 6 aliphatic rings. The Bertz CT molecular complexity index is 791. The smallest absolute Gasteiger partial charge is 0.311 e. The van der Waals surface area contributed by atoms with Crippen molar-refractivity contribution >= 4 is 12.2 Å². The van der Waals surface area contributed by atoms with Gasteiger partial charge in [-0.05, 0) is 89.0 Å². The van der Waals surface area contributed by atoms with Crippen LogP contribution < -0.4 is 0 Å². The summed E-state index contributed by atoms with van der Waals surface area (Å²) in [6.07, 6.45) is 12.8. The predicted octanol–water partition coefficient (Wildman–Crippen LogP) is 5.23. The number of hydrogen-bond acceptors (Lipinski definition) is 2. The molecule has 5 fully saturated rings. The van der Waals surface area contributed by atoms with Gasteiger partial charge in [0.05, 0.1) is 10.8 Å². The molecule has 1 heterocycles. The zero-order valence-electron chi connectivity index (χ0n) is 19.2. The van der Waals surface area contributed by atoms with E-state index in [1.54, 1.807) is 0 Å². The molecule has 1 spiro atoms. The van der Waals surface area contributed by atoms with Crippen molar-refractivity contribution in [2.45, 2.75) is 85.2 Å². The Morgan fingerprint density at radius 1 is 1.17 bits per heavy atom. The molecule has 4 bridgehead atoms. The third-order valence-electron chi connectivity index (χ3n) is 9.86. The van der Waals surface area contributed by atoms with Crippen LogP contribution in [0.15, 0.2) is 12.2 Å². The summed E-state index contributed by atoms with van der Waals surface area (Å²) in [5, 5.41) is 0. The molecule has 0 unspecified atom stereocenters. The number of ether oxygens (including phenoxy) is 1. The lowest BCUT2D eigenvalue weighted by Crippen LogP contribution is -2.68. The van der Waals surface area contributed by atoms with Gasteiger partial charge in [-0.3, -0.25) is 4.79 Å².